The molecule has 0 amide bonds. The molecule has 0 N–H and O–H groups in total. The lowest BCUT2D eigenvalue weighted by atomic mass is 10.1. The second kappa shape index (κ2) is 6.42. The maximum Gasteiger partial charge on any atom is 0.00860 e. The molecule has 0 aliphatic heterocycles. The van der Waals surface area contributed by atoms with Crippen molar-refractivity contribution in [3.05, 3.63) is 12.2 Å². The molecule has 0 nitrogen and oxygen atoms in total. The van der Waals surface area contributed by atoms with Gasteiger partial charge < -0.3 is 0 Å². The van der Waals surface area contributed by atoms with Gasteiger partial charge in [-0.1, -0.05) is 12.0 Å². The smallest absolute Gasteiger partial charge is 0.00860 e. The lowest BCUT2D eigenvalue weighted by Crippen LogP contribution is -1.77. The number of unbranched alkanes of at least 4 members (excludes halogenated alkanes) is 3. The highest BCUT2D eigenvalue weighted by Crippen LogP contribution is 2.06. The first kappa shape index (κ1) is 9.30. The molecule has 0 radical (unpaired) electrons. The van der Waals surface area contributed by atoms with Gasteiger partial charge in [-0.3, -0.25) is 0 Å². The van der Waals surface area contributed by atoms with Crippen LogP contribution in [-0.2, 0) is 0 Å². The lowest BCUT2D eigenvalue weighted by molar-refractivity contribution is 0.690. The summed E-state index contributed by atoms with van der Waals surface area (Å²) in [7, 11) is 0. The summed E-state index contributed by atoms with van der Waals surface area (Å²) in [5, 5.41) is 0. The van der Waals surface area contributed by atoms with E-state index in [2.05, 4.69) is 19.4 Å². The van der Waals surface area contributed by atoms with E-state index in [4.69, 9.17) is 6.42 Å². The molecular weight excluding hydrogens is 120 g/mol. The van der Waals surface area contributed by atoms with Crippen molar-refractivity contribution in [3.8, 4) is 12.3 Å². The van der Waals surface area contributed by atoms with Crippen molar-refractivity contribution in [2.75, 3.05) is 0 Å². The number of terminal acetylenes is 1. The summed E-state index contributed by atoms with van der Waals surface area (Å²) in [4.78, 5) is 0. The van der Waals surface area contributed by atoms with Gasteiger partial charge in [0, 0.05) is 6.42 Å². The Balaban J connectivity index is 2.92. The van der Waals surface area contributed by atoms with Crippen molar-refractivity contribution in [1.29, 1.82) is 0 Å². The minimum absolute atomic E-state index is 0.927. The van der Waals surface area contributed by atoms with Gasteiger partial charge in [-0.15, -0.1) is 18.9 Å². The molecule has 56 valence electrons. The zero-order chi connectivity index (χ0) is 7.82. The summed E-state index contributed by atoms with van der Waals surface area (Å²) in [6.07, 6.45) is 10.9. The van der Waals surface area contributed by atoms with Crippen molar-refractivity contribution in [1.82, 2.24) is 0 Å². The lowest BCUT2D eigenvalue weighted by Gasteiger charge is -1.96. The first-order chi connectivity index (χ1) is 4.77. The van der Waals surface area contributed by atoms with Gasteiger partial charge in [-0.25, -0.2) is 0 Å². The van der Waals surface area contributed by atoms with E-state index in [9.17, 15) is 0 Å². The predicted octanol–water partition coefficient (Wildman–Crippen LogP) is 3.15. The van der Waals surface area contributed by atoms with Crippen LogP contribution in [0.15, 0.2) is 12.2 Å². The molecule has 0 unspecified atom stereocenters. The standard InChI is InChI=1S/C10H16/c1-4-5-6-7-8-9-10(2)3/h1H,2,5-9H2,3H3. The molecule has 0 saturated heterocycles. The molecule has 0 aliphatic carbocycles. The second-order valence-corrected chi connectivity index (χ2v) is 2.72. The Morgan fingerprint density at radius 3 is 2.60 bits per heavy atom. The molecule has 0 bridgehead atoms. The van der Waals surface area contributed by atoms with E-state index in [1.54, 1.807) is 0 Å². The van der Waals surface area contributed by atoms with Gasteiger partial charge >= 0.3 is 0 Å². The van der Waals surface area contributed by atoms with E-state index < -0.39 is 0 Å². The Morgan fingerprint density at radius 2 is 2.10 bits per heavy atom. The molecule has 0 aliphatic rings. The Hall–Kier alpha value is -0.700. The van der Waals surface area contributed by atoms with Crippen LogP contribution in [0, 0.1) is 12.3 Å². The Kier molecular flexibility index (Phi) is 5.97. The zero-order valence-electron chi connectivity index (χ0n) is 6.82. The number of allylic oxidation sites excluding steroid dienone is 1. The fourth-order valence-corrected chi connectivity index (χ4v) is 0.831. The topological polar surface area (TPSA) is 0 Å². The van der Waals surface area contributed by atoms with Gasteiger partial charge in [0.15, 0.2) is 0 Å². The molecule has 10 heavy (non-hydrogen) atoms. The van der Waals surface area contributed by atoms with Gasteiger partial charge in [-0.05, 0) is 26.2 Å². The number of hydrogen-bond acceptors (Lipinski definition) is 0. The number of rotatable bonds is 5. The summed E-state index contributed by atoms with van der Waals surface area (Å²) in [5.74, 6) is 2.63. The minimum atomic E-state index is 0.927. The molecule has 0 atom stereocenters. The van der Waals surface area contributed by atoms with Gasteiger partial charge in [0.05, 0.1) is 0 Å². The average molecular weight is 136 g/mol. The molecule has 0 rings (SSSR count). The quantitative estimate of drug-likeness (QED) is 0.309. The van der Waals surface area contributed by atoms with Crippen molar-refractivity contribution >= 4 is 0 Å². The normalized spacial score (nSPS) is 8.80. The fraction of sp³-hybridized carbons (Fsp3) is 0.600. The van der Waals surface area contributed by atoms with E-state index >= 15 is 0 Å². The van der Waals surface area contributed by atoms with Crippen molar-refractivity contribution in [2.45, 2.75) is 39.0 Å². The van der Waals surface area contributed by atoms with Crippen LogP contribution in [0.5, 0.6) is 0 Å². The van der Waals surface area contributed by atoms with Crippen molar-refractivity contribution in [3.63, 3.8) is 0 Å². The predicted molar refractivity (Wildman–Crippen MR) is 46.7 cm³/mol. The minimum Gasteiger partial charge on any atom is -0.120 e. The fourth-order valence-electron chi connectivity index (χ4n) is 0.831. The Bertz CT molecular complexity index is 125. The molecule has 0 spiro atoms. The van der Waals surface area contributed by atoms with Gasteiger partial charge in [0.2, 0.25) is 0 Å². The average Bonchev–Trinajstić information content (AvgIpc) is 1.87. The Labute approximate surface area is 64.3 Å². The molecule has 0 aromatic heterocycles. The first-order valence-corrected chi connectivity index (χ1v) is 3.85. The molecule has 0 aromatic carbocycles. The third kappa shape index (κ3) is 7.30. The highest BCUT2D eigenvalue weighted by molar-refractivity contribution is 4.87. The SMILES string of the molecule is C#CCCCCCC(=C)C. The van der Waals surface area contributed by atoms with E-state index in [-0.39, 0.29) is 0 Å². The summed E-state index contributed by atoms with van der Waals surface area (Å²) in [5.41, 5.74) is 1.28. The van der Waals surface area contributed by atoms with Crippen LogP contribution < -0.4 is 0 Å². The largest absolute Gasteiger partial charge is 0.120 e. The highest BCUT2D eigenvalue weighted by atomic mass is 13.9. The highest BCUT2D eigenvalue weighted by Gasteiger charge is 1.87. The molecular formula is C10H16. The van der Waals surface area contributed by atoms with Crippen LogP contribution >= 0.6 is 0 Å². The molecule has 0 heteroatoms. The molecule has 0 fully saturated rings. The Morgan fingerprint density at radius 1 is 1.40 bits per heavy atom. The van der Waals surface area contributed by atoms with Crippen LogP contribution in [0.3, 0.4) is 0 Å². The molecule has 0 heterocycles. The van der Waals surface area contributed by atoms with E-state index in [0.29, 0.717) is 0 Å². The van der Waals surface area contributed by atoms with Crippen LogP contribution in [0.4, 0.5) is 0 Å². The summed E-state index contributed by atoms with van der Waals surface area (Å²) < 4.78 is 0. The molecule has 0 saturated carbocycles. The maximum absolute atomic E-state index is 5.10. The second-order valence-electron chi connectivity index (χ2n) is 2.72. The maximum atomic E-state index is 5.10. The van der Waals surface area contributed by atoms with Crippen LogP contribution in [0.2, 0.25) is 0 Å². The van der Waals surface area contributed by atoms with E-state index in [1.165, 1.54) is 24.8 Å². The summed E-state index contributed by atoms with van der Waals surface area (Å²) in [6, 6.07) is 0. The van der Waals surface area contributed by atoms with Crippen molar-refractivity contribution in [2.24, 2.45) is 0 Å². The van der Waals surface area contributed by atoms with Gasteiger partial charge in [-0.2, -0.15) is 0 Å². The van der Waals surface area contributed by atoms with Crippen LogP contribution in [0.1, 0.15) is 39.0 Å². The first-order valence-electron chi connectivity index (χ1n) is 3.85. The molecule has 0 aromatic rings. The third-order valence-electron chi connectivity index (χ3n) is 1.42. The van der Waals surface area contributed by atoms with Crippen molar-refractivity contribution < 1.29 is 0 Å². The van der Waals surface area contributed by atoms with Crippen LogP contribution in [-0.4, -0.2) is 0 Å². The summed E-state index contributed by atoms with van der Waals surface area (Å²) in [6.45, 7) is 5.90. The zero-order valence-corrected chi connectivity index (χ0v) is 6.82. The van der Waals surface area contributed by atoms with Gasteiger partial charge in [0.25, 0.3) is 0 Å². The monoisotopic (exact) mass is 136 g/mol. The third-order valence-corrected chi connectivity index (χ3v) is 1.42. The van der Waals surface area contributed by atoms with Crippen LogP contribution in [0.25, 0.3) is 0 Å². The van der Waals surface area contributed by atoms with E-state index in [1.807, 2.05) is 0 Å². The van der Waals surface area contributed by atoms with Gasteiger partial charge in [0.1, 0.15) is 0 Å². The summed E-state index contributed by atoms with van der Waals surface area (Å²) >= 11 is 0. The number of hydrogen-bond donors (Lipinski definition) is 0. The van der Waals surface area contributed by atoms with E-state index in [0.717, 1.165) is 12.8 Å².